The van der Waals surface area contributed by atoms with Crippen LogP contribution in [0.15, 0.2) is 53.2 Å². The summed E-state index contributed by atoms with van der Waals surface area (Å²) in [5.41, 5.74) is 1.90. The second-order valence-electron chi connectivity index (χ2n) is 5.12. The molecule has 1 heterocycles. The number of rotatable bonds is 3. The van der Waals surface area contributed by atoms with Crippen molar-refractivity contribution >= 4 is 46.2 Å². The van der Waals surface area contributed by atoms with Gasteiger partial charge in [-0.05, 0) is 53.3 Å². The molecule has 0 saturated heterocycles. The normalized spacial score (nSPS) is 15.3. The van der Waals surface area contributed by atoms with Crippen molar-refractivity contribution in [3.8, 4) is 0 Å². The molecule has 0 aliphatic carbocycles. The lowest BCUT2D eigenvalue weighted by Crippen LogP contribution is -2.06. The van der Waals surface area contributed by atoms with Gasteiger partial charge in [-0.25, -0.2) is 9.79 Å². The molecule has 120 valence electrons. The van der Waals surface area contributed by atoms with Gasteiger partial charge in [-0.3, -0.25) is 10.1 Å². The van der Waals surface area contributed by atoms with Crippen molar-refractivity contribution in [2.24, 2.45) is 4.99 Å². The van der Waals surface area contributed by atoms with Crippen LogP contribution in [-0.2, 0) is 9.53 Å². The van der Waals surface area contributed by atoms with Crippen molar-refractivity contribution in [3.05, 3.63) is 78.5 Å². The number of hydrogen-bond acceptors (Lipinski definition) is 5. The molecule has 6 nitrogen and oxygen atoms in total. The summed E-state index contributed by atoms with van der Waals surface area (Å²) in [5, 5.41) is 11.0. The number of nitrogens with zero attached hydrogens (tertiary/aromatic N) is 2. The van der Waals surface area contributed by atoms with Crippen LogP contribution >= 0.6 is 22.6 Å². The number of nitro groups is 1. The smallest absolute Gasteiger partial charge is 0.363 e. The second-order valence-corrected chi connectivity index (χ2v) is 6.28. The summed E-state index contributed by atoms with van der Waals surface area (Å²) in [6.45, 7) is 1.65. The number of hydrogen-bond donors (Lipinski definition) is 0. The summed E-state index contributed by atoms with van der Waals surface area (Å²) in [6.07, 6.45) is 1.64. The zero-order valence-electron chi connectivity index (χ0n) is 12.5. The van der Waals surface area contributed by atoms with Crippen LogP contribution in [0, 0.1) is 20.6 Å². The Morgan fingerprint density at radius 3 is 2.71 bits per heavy atom. The highest BCUT2D eigenvalue weighted by Gasteiger charge is 2.26. The first-order chi connectivity index (χ1) is 11.5. The third-order valence-electron chi connectivity index (χ3n) is 3.47. The maximum atomic E-state index is 12.0. The minimum atomic E-state index is -0.576. The number of halogens is 1. The van der Waals surface area contributed by atoms with E-state index in [0.29, 0.717) is 11.1 Å². The average molecular weight is 434 g/mol. The van der Waals surface area contributed by atoms with E-state index in [4.69, 9.17) is 4.74 Å². The molecule has 0 bridgehead atoms. The first-order valence-electron chi connectivity index (χ1n) is 6.98. The molecule has 3 rings (SSSR count). The van der Waals surface area contributed by atoms with E-state index in [9.17, 15) is 14.9 Å². The lowest BCUT2D eigenvalue weighted by molar-refractivity contribution is -0.385. The van der Waals surface area contributed by atoms with Crippen LogP contribution in [0.2, 0.25) is 0 Å². The number of nitro benzene ring substituents is 1. The number of esters is 1. The van der Waals surface area contributed by atoms with Crippen LogP contribution in [0.3, 0.4) is 0 Å². The number of carbonyl (C=O) groups excluding carboxylic acids is 1. The van der Waals surface area contributed by atoms with E-state index >= 15 is 0 Å². The van der Waals surface area contributed by atoms with Gasteiger partial charge in [-0.1, -0.05) is 24.3 Å². The van der Waals surface area contributed by atoms with Crippen molar-refractivity contribution in [2.45, 2.75) is 6.92 Å². The molecule has 24 heavy (non-hydrogen) atoms. The standard InChI is InChI=1S/C17H11IN2O4/c1-10-6-7-12(9-15(10)20(22)23)16-19-14(17(21)24-16)8-11-4-2-3-5-13(11)18/h2-9H,1H3/b14-8-. The van der Waals surface area contributed by atoms with Gasteiger partial charge >= 0.3 is 5.97 Å². The molecule has 2 aromatic rings. The van der Waals surface area contributed by atoms with E-state index in [0.717, 1.165) is 9.13 Å². The molecule has 0 atom stereocenters. The average Bonchev–Trinajstić information content (AvgIpc) is 2.91. The Bertz CT molecular complexity index is 919. The number of cyclic esters (lactones) is 1. The highest BCUT2D eigenvalue weighted by molar-refractivity contribution is 14.1. The number of aryl methyl sites for hydroxylation is 1. The monoisotopic (exact) mass is 434 g/mol. The molecular weight excluding hydrogens is 423 g/mol. The molecule has 0 unspecified atom stereocenters. The number of ether oxygens (including phenoxy) is 1. The van der Waals surface area contributed by atoms with Crippen LogP contribution in [0.1, 0.15) is 16.7 Å². The quantitative estimate of drug-likeness (QED) is 0.242. The van der Waals surface area contributed by atoms with Crippen LogP contribution < -0.4 is 0 Å². The SMILES string of the molecule is Cc1ccc(C2=N/C(=C\c3ccccc3I)C(=O)O2)cc1[N+](=O)[O-]. The highest BCUT2D eigenvalue weighted by Crippen LogP contribution is 2.25. The van der Waals surface area contributed by atoms with E-state index in [-0.39, 0.29) is 17.3 Å². The fourth-order valence-corrected chi connectivity index (χ4v) is 2.75. The molecule has 7 heteroatoms. The van der Waals surface area contributed by atoms with Crippen LogP contribution in [-0.4, -0.2) is 16.8 Å². The van der Waals surface area contributed by atoms with Gasteiger partial charge in [0.05, 0.1) is 4.92 Å². The largest absolute Gasteiger partial charge is 0.402 e. The van der Waals surface area contributed by atoms with Crippen LogP contribution in [0.4, 0.5) is 5.69 Å². The number of aliphatic imine (C=N–C) groups is 1. The van der Waals surface area contributed by atoms with Crippen molar-refractivity contribution in [1.29, 1.82) is 0 Å². The Hall–Kier alpha value is -2.55. The fraction of sp³-hybridized carbons (Fsp3) is 0.0588. The molecule has 0 aromatic heterocycles. The Labute approximate surface area is 151 Å². The van der Waals surface area contributed by atoms with E-state index in [1.165, 1.54) is 6.07 Å². The van der Waals surface area contributed by atoms with Gasteiger partial charge in [0.15, 0.2) is 5.70 Å². The third-order valence-corrected chi connectivity index (χ3v) is 4.45. The van der Waals surface area contributed by atoms with Crippen molar-refractivity contribution < 1.29 is 14.5 Å². The Morgan fingerprint density at radius 1 is 1.25 bits per heavy atom. The van der Waals surface area contributed by atoms with Gasteiger partial charge in [-0.15, -0.1) is 0 Å². The summed E-state index contributed by atoms with van der Waals surface area (Å²) < 4.78 is 6.14. The Balaban J connectivity index is 2.00. The molecule has 2 aromatic carbocycles. The molecule has 0 spiro atoms. The summed E-state index contributed by atoms with van der Waals surface area (Å²) in [5.74, 6) is -0.506. The zero-order valence-corrected chi connectivity index (χ0v) is 14.7. The lowest BCUT2D eigenvalue weighted by Gasteiger charge is -2.01. The van der Waals surface area contributed by atoms with Gasteiger partial charge in [0, 0.05) is 20.8 Å². The topological polar surface area (TPSA) is 81.8 Å². The van der Waals surface area contributed by atoms with E-state index < -0.39 is 10.9 Å². The minimum absolute atomic E-state index is 0.0405. The first-order valence-corrected chi connectivity index (χ1v) is 8.06. The number of carbonyl (C=O) groups is 1. The summed E-state index contributed by atoms with van der Waals surface area (Å²) >= 11 is 2.17. The summed E-state index contributed by atoms with van der Waals surface area (Å²) in [4.78, 5) is 26.8. The predicted octanol–water partition coefficient (Wildman–Crippen LogP) is 3.85. The van der Waals surface area contributed by atoms with Gasteiger partial charge < -0.3 is 4.74 Å². The van der Waals surface area contributed by atoms with Gasteiger partial charge in [-0.2, -0.15) is 0 Å². The minimum Gasteiger partial charge on any atom is -0.402 e. The van der Waals surface area contributed by atoms with E-state index in [1.54, 1.807) is 25.1 Å². The summed E-state index contributed by atoms with van der Waals surface area (Å²) in [7, 11) is 0. The van der Waals surface area contributed by atoms with Crippen molar-refractivity contribution in [3.63, 3.8) is 0 Å². The molecule has 0 saturated carbocycles. The van der Waals surface area contributed by atoms with Gasteiger partial charge in [0.25, 0.3) is 5.69 Å². The second kappa shape index (κ2) is 6.52. The van der Waals surface area contributed by atoms with E-state index in [2.05, 4.69) is 27.6 Å². The Kier molecular flexibility index (Phi) is 4.43. The van der Waals surface area contributed by atoms with Crippen molar-refractivity contribution in [2.75, 3.05) is 0 Å². The zero-order chi connectivity index (χ0) is 17.3. The van der Waals surface area contributed by atoms with Gasteiger partial charge in [0.1, 0.15) is 0 Å². The lowest BCUT2D eigenvalue weighted by atomic mass is 10.1. The maximum absolute atomic E-state index is 12.0. The number of benzene rings is 2. The predicted molar refractivity (Wildman–Crippen MR) is 97.6 cm³/mol. The van der Waals surface area contributed by atoms with Crippen LogP contribution in [0.25, 0.3) is 6.08 Å². The summed E-state index contributed by atoms with van der Waals surface area (Å²) in [6, 6.07) is 12.2. The first kappa shape index (κ1) is 16.3. The van der Waals surface area contributed by atoms with Crippen molar-refractivity contribution in [1.82, 2.24) is 0 Å². The highest BCUT2D eigenvalue weighted by atomic mass is 127. The molecule has 0 amide bonds. The molecule has 1 aliphatic rings. The Morgan fingerprint density at radius 2 is 2.00 bits per heavy atom. The maximum Gasteiger partial charge on any atom is 0.363 e. The third kappa shape index (κ3) is 3.21. The molecule has 0 radical (unpaired) electrons. The molecule has 1 aliphatic heterocycles. The fourth-order valence-electron chi connectivity index (χ4n) is 2.21. The molecule has 0 fully saturated rings. The van der Waals surface area contributed by atoms with Crippen LogP contribution in [0.5, 0.6) is 0 Å². The van der Waals surface area contributed by atoms with E-state index in [1.807, 2.05) is 24.3 Å². The molecular formula is C17H11IN2O4. The van der Waals surface area contributed by atoms with Gasteiger partial charge in [0.2, 0.25) is 5.90 Å². The molecule has 0 N–H and O–H groups in total.